The lowest BCUT2D eigenvalue weighted by molar-refractivity contribution is -0.286. The summed E-state index contributed by atoms with van der Waals surface area (Å²) < 4.78 is 82.8. The number of ether oxygens (including phenoxy) is 3. The van der Waals surface area contributed by atoms with Gasteiger partial charge in [-0.15, -0.1) is 8.78 Å². The molecular formula is C23H18F5N3O4. The van der Waals surface area contributed by atoms with Crippen LogP contribution in [-0.4, -0.2) is 35.6 Å². The van der Waals surface area contributed by atoms with Crippen molar-refractivity contribution in [3.8, 4) is 17.2 Å². The SMILES string of the molecule is CC1COCc2c(C(F)(F)F)nn(-c3cccc(C(=O)N(C)c4ccc5c(c4)OC(F)(F)O5)c3)c21. The lowest BCUT2D eigenvalue weighted by atomic mass is 10.00. The van der Waals surface area contributed by atoms with Gasteiger partial charge >= 0.3 is 12.5 Å². The maximum Gasteiger partial charge on any atom is 0.586 e. The number of hydrogen-bond donors (Lipinski definition) is 0. The smallest absolute Gasteiger partial charge is 0.395 e. The van der Waals surface area contributed by atoms with Crippen LogP contribution >= 0.6 is 0 Å². The predicted molar refractivity (Wildman–Crippen MR) is 112 cm³/mol. The van der Waals surface area contributed by atoms with E-state index in [0.29, 0.717) is 5.69 Å². The van der Waals surface area contributed by atoms with Crippen LogP contribution < -0.4 is 14.4 Å². The highest BCUT2D eigenvalue weighted by Crippen LogP contribution is 2.43. The molecule has 1 amide bonds. The molecule has 0 saturated carbocycles. The van der Waals surface area contributed by atoms with E-state index in [2.05, 4.69) is 14.6 Å². The van der Waals surface area contributed by atoms with Gasteiger partial charge < -0.3 is 19.1 Å². The molecule has 0 bridgehead atoms. The molecule has 1 aromatic heterocycles. The average Bonchev–Trinajstić information content (AvgIpc) is 3.35. The lowest BCUT2D eigenvalue weighted by Crippen LogP contribution is -2.26. The first-order valence-corrected chi connectivity index (χ1v) is 10.5. The zero-order valence-electron chi connectivity index (χ0n) is 18.4. The summed E-state index contributed by atoms with van der Waals surface area (Å²) in [6, 6.07) is 9.90. The van der Waals surface area contributed by atoms with Crippen molar-refractivity contribution in [1.29, 1.82) is 0 Å². The molecule has 0 saturated heterocycles. The fourth-order valence-corrected chi connectivity index (χ4v) is 4.18. The van der Waals surface area contributed by atoms with Crippen LogP contribution in [0.5, 0.6) is 11.5 Å². The monoisotopic (exact) mass is 495 g/mol. The highest BCUT2D eigenvalue weighted by atomic mass is 19.4. The van der Waals surface area contributed by atoms with E-state index in [-0.39, 0.29) is 53.1 Å². The third-order valence-corrected chi connectivity index (χ3v) is 5.79. The van der Waals surface area contributed by atoms with Crippen LogP contribution in [0.3, 0.4) is 0 Å². The molecule has 35 heavy (non-hydrogen) atoms. The van der Waals surface area contributed by atoms with E-state index < -0.39 is 24.1 Å². The molecule has 5 rings (SSSR count). The second kappa shape index (κ2) is 7.94. The van der Waals surface area contributed by atoms with Crippen molar-refractivity contribution in [1.82, 2.24) is 9.78 Å². The van der Waals surface area contributed by atoms with Crippen molar-refractivity contribution < 1.29 is 41.0 Å². The summed E-state index contributed by atoms with van der Waals surface area (Å²) in [6.45, 7) is 1.77. The zero-order chi connectivity index (χ0) is 25.1. The molecule has 2 aliphatic rings. The molecule has 12 heteroatoms. The molecule has 1 atom stereocenters. The van der Waals surface area contributed by atoms with Crippen LogP contribution in [-0.2, 0) is 17.5 Å². The molecule has 0 radical (unpaired) electrons. The van der Waals surface area contributed by atoms with Gasteiger partial charge in [-0.05, 0) is 30.3 Å². The third-order valence-electron chi connectivity index (χ3n) is 5.79. The topological polar surface area (TPSA) is 65.8 Å². The number of halogens is 5. The number of carbonyl (C=O) groups is 1. The van der Waals surface area contributed by atoms with Gasteiger partial charge in [0.05, 0.1) is 24.6 Å². The van der Waals surface area contributed by atoms with Crippen LogP contribution in [0.4, 0.5) is 27.6 Å². The maximum absolute atomic E-state index is 13.6. The summed E-state index contributed by atoms with van der Waals surface area (Å²) in [5.41, 5.74) is 0.00759. The van der Waals surface area contributed by atoms with Gasteiger partial charge in [-0.1, -0.05) is 13.0 Å². The quantitative estimate of drug-likeness (QED) is 0.472. The lowest BCUT2D eigenvalue weighted by Gasteiger charge is -2.22. The van der Waals surface area contributed by atoms with E-state index in [1.54, 1.807) is 13.0 Å². The number of benzene rings is 2. The van der Waals surface area contributed by atoms with Crippen molar-refractivity contribution in [3.63, 3.8) is 0 Å². The minimum Gasteiger partial charge on any atom is -0.395 e. The molecule has 0 aliphatic carbocycles. The Hall–Kier alpha value is -3.67. The Kier molecular flexibility index (Phi) is 5.24. The summed E-state index contributed by atoms with van der Waals surface area (Å²) in [7, 11) is 1.43. The van der Waals surface area contributed by atoms with Crippen molar-refractivity contribution in [3.05, 3.63) is 65.0 Å². The number of aromatic nitrogens is 2. The largest absolute Gasteiger partial charge is 0.586 e. The number of carbonyl (C=O) groups excluding carboxylic acids is 1. The van der Waals surface area contributed by atoms with Gasteiger partial charge in [0, 0.05) is 35.8 Å². The Bertz CT molecular complexity index is 1320. The van der Waals surface area contributed by atoms with E-state index in [9.17, 15) is 26.7 Å². The first kappa shape index (κ1) is 23.1. The second-order valence-corrected chi connectivity index (χ2v) is 8.25. The van der Waals surface area contributed by atoms with Crippen LogP contribution in [0.15, 0.2) is 42.5 Å². The standard InChI is InChI=1S/C23H18F5N3O4/c1-12-10-33-11-16-19(12)31(29-20(16)22(24,25)26)15-5-3-4-13(8-15)21(32)30(2)14-6-7-17-18(9-14)35-23(27,28)34-17/h3-9,12H,10-11H2,1-2H3. The highest BCUT2D eigenvalue weighted by Gasteiger charge is 2.44. The average molecular weight is 495 g/mol. The molecule has 3 heterocycles. The Morgan fingerprint density at radius 2 is 1.89 bits per heavy atom. The zero-order valence-corrected chi connectivity index (χ0v) is 18.4. The minimum absolute atomic E-state index is 0.0257. The van der Waals surface area contributed by atoms with Crippen LogP contribution in [0.25, 0.3) is 5.69 Å². The normalized spacial score (nSPS) is 18.3. The van der Waals surface area contributed by atoms with E-state index in [4.69, 9.17) is 4.74 Å². The maximum atomic E-state index is 13.6. The number of anilines is 1. The molecule has 0 N–H and O–H groups in total. The van der Waals surface area contributed by atoms with E-state index >= 15 is 0 Å². The van der Waals surface area contributed by atoms with Gasteiger partial charge in [0.25, 0.3) is 5.91 Å². The van der Waals surface area contributed by atoms with Gasteiger partial charge in [-0.3, -0.25) is 4.79 Å². The summed E-state index contributed by atoms with van der Waals surface area (Å²) >= 11 is 0. The molecular weight excluding hydrogens is 477 g/mol. The summed E-state index contributed by atoms with van der Waals surface area (Å²) in [4.78, 5) is 14.4. The van der Waals surface area contributed by atoms with Crippen LogP contribution in [0.1, 0.15) is 40.2 Å². The fraction of sp³-hybridized carbons (Fsp3) is 0.304. The molecule has 0 fully saturated rings. The summed E-state index contributed by atoms with van der Waals surface area (Å²) in [5.74, 6) is -1.26. The first-order chi connectivity index (χ1) is 16.4. The van der Waals surface area contributed by atoms with E-state index in [1.165, 1.54) is 53.0 Å². The number of rotatable bonds is 3. The molecule has 184 valence electrons. The predicted octanol–water partition coefficient (Wildman–Crippen LogP) is 5.12. The van der Waals surface area contributed by atoms with Gasteiger partial charge in [0.2, 0.25) is 0 Å². The first-order valence-electron chi connectivity index (χ1n) is 10.5. The highest BCUT2D eigenvalue weighted by molar-refractivity contribution is 6.06. The summed E-state index contributed by atoms with van der Waals surface area (Å²) in [6.07, 6.45) is -8.46. The van der Waals surface area contributed by atoms with Crippen molar-refractivity contribution in [2.24, 2.45) is 0 Å². The summed E-state index contributed by atoms with van der Waals surface area (Å²) in [5, 5.41) is 3.83. The van der Waals surface area contributed by atoms with Crippen LogP contribution in [0, 0.1) is 0 Å². The van der Waals surface area contributed by atoms with Gasteiger partial charge in [0.15, 0.2) is 17.2 Å². The molecule has 2 aliphatic heterocycles. The molecule has 3 aromatic rings. The van der Waals surface area contributed by atoms with Crippen molar-refractivity contribution in [2.75, 3.05) is 18.6 Å². The molecule has 0 spiro atoms. The van der Waals surface area contributed by atoms with E-state index in [0.717, 1.165) is 0 Å². The number of hydrogen-bond acceptors (Lipinski definition) is 5. The molecule has 7 nitrogen and oxygen atoms in total. The minimum atomic E-state index is -4.67. The number of nitrogens with zero attached hydrogens (tertiary/aromatic N) is 3. The molecule has 1 unspecified atom stereocenters. The molecule has 2 aromatic carbocycles. The Balaban J connectivity index is 1.49. The Labute approximate surface area is 195 Å². The number of alkyl halides is 5. The van der Waals surface area contributed by atoms with Gasteiger partial charge in [0.1, 0.15) is 0 Å². The third kappa shape index (κ3) is 4.07. The van der Waals surface area contributed by atoms with Gasteiger partial charge in [-0.2, -0.15) is 18.3 Å². The number of fused-ring (bicyclic) bond motifs is 2. The van der Waals surface area contributed by atoms with Crippen LogP contribution in [0.2, 0.25) is 0 Å². The number of amides is 1. The van der Waals surface area contributed by atoms with E-state index in [1.807, 2.05) is 0 Å². The van der Waals surface area contributed by atoms with Gasteiger partial charge in [-0.25, -0.2) is 4.68 Å². The second-order valence-electron chi connectivity index (χ2n) is 8.25. The Morgan fingerprint density at radius 3 is 2.63 bits per heavy atom. The van der Waals surface area contributed by atoms with Crippen molar-refractivity contribution in [2.45, 2.75) is 31.9 Å². The fourth-order valence-electron chi connectivity index (χ4n) is 4.18. The Morgan fingerprint density at radius 1 is 1.14 bits per heavy atom. The van der Waals surface area contributed by atoms with Crippen molar-refractivity contribution >= 4 is 11.6 Å².